The lowest BCUT2D eigenvalue weighted by Crippen LogP contribution is -2.46. The highest BCUT2D eigenvalue weighted by Crippen LogP contribution is 2.19. The molecule has 7 nitrogen and oxygen atoms in total. The Hall–Kier alpha value is -1.39. The summed E-state index contributed by atoms with van der Waals surface area (Å²) in [6.45, 7) is 9.23. The van der Waals surface area contributed by atoms with Gasteiger partial charge in [0.1, 0.15) is 0 Å². The third-order valence-electron chi connectivity index (χ3n) is 5.68. The SMILES string of the molecule is CCOC(=O)C1CCN(C(=NC)NCc2ccccc2CN2CCOCC2)CC1.I. The topological polar surface area (TPSA) is 66.4 Å². The van der Waals surface area contributed by atoms with Crippen LogP contribution in [0.4, 0.5) is 0 Å². The molecular formula is C22H35IN4O3. The first-order chi connectivity index (χ1) is 14.2. The van der Waals surface area contributed by atoms with Crippen LogP contribution in [0.15, 0.2) is 29.3 Å². The molecule has 2 aliphatic heterocycles. The Bertz CT molecular complexity index is 687. The molecule has 0 unspecified atom stereocenters. The van der Waals surface area contributed by atoms with Crippen LogP contribution in [-0.4, -0.2) is 74.8 Å². The van der Waals surface area contributed by atoms with Gasteiger partial charge in [0, 0.05) is 46.3 Å². The van der Waals surface area contributed by atoms with Gasteiger partial charge in [0.05, 0.1) is 25.7 Å². The molecule has 3 rings (SSSR count). The number of hydrogen-bond donors (Lipinski definition) is 1. The number of guanidine groups is 1. The van der Waals surface area contributed by atoms with Crippen molar-refractivity contribution in [2.45, 2.75) is 32.9 Å². The lowest BCUT2D eigenvalue weighted by molar-refractivity contribution is -0.149. The van der Waals surface area contributed by atoms with Crippen molar-refractivity contribution in [3.8, 4) is 0 Å². The van der Waals surface area contributed by atoms with Crippen LogP contribution in [-0.2, 0) is 27.4 Å². The molecule has 2 heterocycles. The molecule has 0 spiro atoms. The van der Waals surface area contributed by atoms with E-state index in [1.54, 1.807) is 0 Å². The van der Waals surface area contributed by atoms with Crippen molar-refractivity contribution in [3.63, 3.8) is 0 Å². The van der Waals surface area contributed by atoms with Crippen molar-refractivity contribution >= 4 is 35.9 Å². The third kappa shape index (κ3) is 7.09. The summed E-state index contributed by atoms with van der Waals surface area (Å²) in [5.41, 5.74) is 2.64. The average molecular weight is 530 g/mol. The Kier molecular flexibility index (Phi) is 10.9. The van der Waals surface area contributed by atoms with E-state index in [4.69, 9.17) is 9.47 Å². The van der Waals surface area contributed by atoms with E-state index in [2.05, 4.69) is 44.4 Å². The number of carbonyl (C=O) groups excluding carboxylic acids is 1. The number of nitrogens with zero attached hydrogens (tertiary/aromatic N) is 3. The molecule has 0 aromatic heterocycles. The van der Waals surface area contributed by atoms with Crippen molar-refractivity contribution in [2.24, 2.45) is 10.9 Å². The van der Waals surface area contributed by atoms with Crippen LogP contribution in [0.1, 0.15) is 30.9 Å². The summed E-state index contributed by atoms with van der Waals surface area (Å²) in [6.07, 6.45) is 1.63. The molecule has 0 saturated carbocycles. The zero-order valence-corrected chi connectivity index (χ0v) is 20.5. The molecule has 0 radical (unpaired) electrons. The Morgan fingerprint density at radius 1 is 1.17 bits per heavy atom. The maximum absolute atomic E-state index is 12.0. The molecule has 168 valence electrons. The fraction of sp³-hybridized carbons (Fsp3) is 0.636. The predicted octanol–water partition coefficient (Wildman–Crippen LogP) is 2.49. The Balaban J connectivity index is 0.00000320. The second-order valence-corrected chi connectivity index (χ2v) is 7.57. The normalized spacial score (nSPS) is 18.6. The number of morpholine rings is 1. The van der Waals surface area contributed by atoms with Crippen LogP contribution in [0.25, 0.3) is 0 Å². The van der Waals surface area contributed by atoms with E-state index in [1.807, 2.05) is 14.0 Å². The molecule has 1 N–H and O–H groups in total. The summed E-state index contributed by atoms with van der Waals surface area (Å²) in [6, 6.07) is 8.59. The van der Waals surface area contributed by atoms with Gasteiger partial charge in [0.25, 0.3) is 0 Å². The number of aliphatic imine (C=N–C) groups is 1. The number of esters is 1. The summed E-state index contributed by atoms with van der Waals surface area (Å²) >= 11 is 0. The zero-order chi connectivity index (χ0) is 20.5. The molecule has 0 bridgehead atoms. The molecule has 0 amide bonds. The number of rotatable bonds is 6. The first kappa shape index (κ1) is 24.9. The maximum atomic E-state index is 12.0. The fourth-order valence-electron chi connectivity index (χ4n) is 3.98. The van der Waals surface area contributed by atoms with E-state index < -0.39 is 0 Å². The lowest BCUT2D eigenvalue weighted by atomic mass is 9.97. The molecule has 1 aromatic carbocycles. The Morgan fingerprint density at radius 3 is 2.47 bits per heavy atom. The summed E-state index contributed by atoms with van der Waals surface area (Å²) in [5.74, 6) is 0.846. The number of hydrogen-bond acceptors (Lipinski definition) is 5. The van der Waals surface area contributed by atoms with E-state index in [-0.39, 0.29) is 35.9 Å². The van der Waals surface area contributed by atoms with Gasteiger partial charge in [-0.25, -0.2) is 0 Å². The fourth-order valence-corrected chi connectivity index (χ4v) is 3.98. The summed E-state index contributed by atoms with van der Waals surface area (Å²) in [4.78, 5) is 21.1. The van der Waals surface area contributed by atoms with Crippen molar-refractivity contribution in [3.05, 3.63) is 35.4 Å². The molecule has 2 saturated heterocycles. The van der Waals surface area contributed by atoms with Gasteiger partial charge in [0.2, 0.25) is 0 Å². The third-order valence-corrected chi connectivity index (χ3v) is 5.68. The second-order valence-electron chi connectivity index (χ2n) is 7.57. The molecule has 2 aliphatic rings. The van der Waals surface area contributed by atoms with E-state index in [0.717, 1.165) is 71.3 Å². The molecule has 0 aliphatic carbocycles. The minimum atomic E-state index is -0.0628. The summed E-state index contributed by atoms with van der Waals surface area (Å²) in [5, 5.41) is 3.52. The number of ether oxygens (including phenoxy) is 2. The van der Waals surface area contributed by atoms with Crippen molar-refractivity contribution in [1.29, 1.82) is 0 Å². The number of likely N-dealkylation sites (tertiary alicyclic amines) is 1. The molecule has 1 aromatic rings. The van der Waals surface area contributed by atoms with Crippen LogP contribution < -0.4 is 5.32 Å². The van der Waals surface area contributed by atoms with Gasteiger partial charge in [-0.2, -0.15) is 0 Å². The highest BCUT2D eigenvalue weighted by atomic mass is 127. The van der Waals surface area contributed by atoms with Gasteiger partial charge in [-0.15, -0.1) is 24.0 Å². The predicted molar refractivity (Wildman–Crippen MR) is 129 cm³/mol. The standard InChI is InChI=1S/C22H34N4O3.HI/c1-3-29-21(27)18-8-10-26(11-9-18)22(23-2)24-16-19-6-4-5-7-20(19)17-25-12-14-28-15-13-25;/h4-7,18H,3,8-17H2,1-2H3,(H,23,24);1H. The number of piperidine rings is 1. The van der Waals surface area contributed by atoms with Crippen LogP contribution in [0.3, 0.4) is 0 Å². The van der Waals surface area contributed by atoms with Crippen molar-refractivity contribution in [1.82, 2.24) is 15.1 Å². The highest BCUT2D eigenvalue weighted by molar-refractivity contribution is 14.0. The molecular weight excluding hydrogens is 495 g/mol. The van der Waals surface area contributed by atoms with Crippen molar-refractivity contribution < 1.29 is 14.3 Å². The van der Waals surface area contributed by atoms with Crippen LogP contribution in [0.5, 0.6) is 0 Å². The summed E-state index contributed by atoms with van der Waals surface area (Å²) in [7, 11) is 1.82. The zero-order valence-electron chi connectivity index (χ0n) is 18.1. The van der Waals surface area contributed by atoms with E-state index >= 15 is 0 Å². The average Bonchev–Trinajstić information content (AvgIpc) is 2.76. The molecule has 8 heteroatoms. The highest BCUT2D eigenvalue weighted by Gasteiger charge is 2.27. The first-order valence-electron chi connectivity index (χ1n) is 10.7. The monoisotopic (exact) mass is 530 g/mol. The van der Waals surface area contributed by atoms with Gasteiger partial charge >= 0.3 is 5.97 Å². The molecule has 30 heavy (non-hydrogen) atoms. The van der Waals surface area contributed by atoms with Crippen LogP contribution in [0, 0.1) is 5.92 Å². The maximum Gasteiger partial charge on any atom is 0.309 e. The second kappa shape index (κ2) is 13.1. The van der Waals surface area contributed by atoms with Gasteiger partial charge in [-0.3, -0.25) is 14.7 Å². The van der Waals surface area contributed by atoms with Gasteiger partial charge in [-0.1, -0.05) is 24.3 Å². The molecule has 0 atom stereocenters. The van der Waals surface area contributed by atoms with Crippen LogP contribution in [0.2, 0.25) is 0 Å². The number of carbonyl (C=O) groups is 1. The molecule has 2 fully saturated rings. The first-order valence-corrected chi connectivity index (χ1v) is 10.7. The van der Waals surface area contributed by atoms with Gasteiger partial charge in [-0.05, 0) is 30.9 Å². The van der Waals surface area contributed by atoms with Gasteiger partial charge < -0.3 is 19.7 Å². The number of halogens is 1. The van der Waals surface area contributed by atoms with Crippen LogP contribution >= 0.6 is 24.0 Å². The van der Waals surface area contributed by atoms with E-state index in [1.165, 1.54) is 11.1 Å². The smallest absolute Gasteiger partial charge is 0.309 e. The minimum absolute atomic E-state index is 0. The number of benzene rings is 1. The largest absolute Gasteiger partial charge is 0.466 e. The van der Waals surface area contributed by atoms with E-state index in [9.17, 15) is 4.79 Å². The van der Waals surface area contributed by atoms with E-state index in [0.29, 0.717) is 6.61 Å². The quantitative estimate of drug-likeness (QED) is 0.264. The lowest BCUT2D eigenvalue weighted by Gasteiger charge is -2.33. The minimum Gasteiger partial charge on any atom is -0.466 e. The Morgan fingerprint density at radius 2 is 1.83 bits per heavy atom. The number of nitrogens with one attached hydrogen (secondary N) is 1. The Labute approximate surface area is 197 Å². The van der Waals surface area contributed by atoms with Gasteiger partial charge in [0.15, 0.2) is 5.96 Å². The summed E-state index contributed by atoms with van der Waals surface area (Å²) < 4.78 is 10.6. The van der Waals surface area contributed by atoms with Crippen molar-refractivity contribution in [2.75, 3.05) is 53.0 Å².